The topological polar surface area (TPSA) is 66.5 Å². The summed E-state index contributed by atoms with van der Waals surface area (Å²) >= 11 is 6.12. The van der Waals surface area contributed by atoms with Crippen molar-refractivity contribution < 1.29 is 13.2 Å². The lowest BCUT2D eigenvalue weighted by Crippen LogP contribution is -2.36. The zero-order chi connectivity index (χ0) is 19.4. The monoisotopic (exact) mass is 404 g/mol. The molecule has 2 aromatic rings. The van der Waals surface area contributed by atoms with Crippen molar-refractivity contribution in [3.05, 3.63) is 70.8 Å². The fourth-order valence-electron chi connectivity index (χ4n) is 3.12. The van der Waals surface area contributed by atoms with Crippen molar-refractivity contribution in [3.63, 3.8) is 0 Å². The summed E-state index contributed by atoms with van der Waals surface area (Å²) in [6.45, 7) is 2.28. The van der Waals surface area contributed by atoms with Gasteiger partial charge < -0.3 is 5.32 Å². The molecule has 0 radical (unpaired) electrons. The Hall–Kier alpha value is -2.31. The van der Waals surface area contributed by atoms with Crippen LogP contribution < -0.4 is 9.62 Å². The van der Waals surface area contributed by atoms with Crippen molar-refractivity contribution in [2.24, 2.45) is 0 Å². The Labute approximate surface area is 164 Å². The summed E-state index contributed by atoms with van der Waals surface area (Å²) < 4.78 is 26.6. The Kier molecular flexibility index (Phi) is 5.87. The van der Waals surface area contributed by atoms with Gasteiger partial charge in [-0.25, -0.2) is 8.42 Å². The number of carbonyl (C=O) groups excluding carboxylic acids is 1. The van der Waals surface area contributed by atoms with E-state index in [-0.39, 0.29) is 18.2 Å². The molecule has 0 fully saturated rings. The van der Waals surface area contributed by atoms with Crippen molar-refractivity contribution in [3.8, 4) is 0 Å². The quantitative estimate of drug-likeness (QED) is 0.751. The number of nitrogens with zero attached hydrogens (tertiary/aromatic N) is 1. The van der Waals surface area contributed by atoms with Gasteiger partial charge in [-0.2, -0.15) is 0 Å². The summed E-state index contributed by atoms with van der Waals surface area (Å²) in [4.78, 5) is 12.1. The maximum absolute atomic E-state index is 12.6. The van der Waals surface area contributed by atoms with Crippen LogP contribution in [0.3, 0.4) is 0 Å². The average molecular weight is 405 g/mol. The Balaban J connectivity index is 1.59. The lowest BCUT2D eigenvalue weighted by molar-refractivity contribution is -0.116. The molecule has 1 amide bonds. The molecular formula is C20H21ClN2O3S. The molecule has 0 unspecified atom stereocenters. The second kappa shape index (κ2) is 8.15. The Bertz CT molecular complexity index is 986. The zero-order valence-corrected chi connectivity index (χ0v) is 16.6. The van der Waals surface area contributed by atoms with Crippen LogP contribution in [0.1, 0.15) is 18.1 Å². The van der Waals surface area contributed by atoms with Gasteiger partial charge in [-0.1, -0.05) is 48.0 Å². The zero-order valence-electron chi connectivity index (χ0n) is 15.0. The van der Waals surface area contributed by atoms with Crippen LogP contribution in [0.2, 0.25) is 5.02 Å². The molecule has 1 aliphatic heterocycles. The van der Waals surface area contributed by atoms with Crippen LogP contribution in [0.5, 0.6) is 0 Å². The fraction of sp³-hybridized carbons (Fsp3) is 0.250. The number of sulfonamides is 1. The van der Waals surface area contributed by atoms with Crippen LogP contribution in [0.25, 0.3) is 5.57 Å². The minimum Gasteiger partial charge on any atom is -0.351 e. The van der Waals surface area contributed by atoms with E-state index in [0.717, 1.165) is 22.4 Å². The van der Waals surface area contributed by atoms with E-state index in [1.165, 1.54) is 10.4 Å². The third-order valence-corrected chi connectivity index (χ3v) is 6.59. The Morgan fingerprint density at radius 2 is 1.89 bits per heavy atom. The minimum atomic E-state index is -3.48. The predicted octanol–water partition coefficient (Wildman–Crippen LogP) is 3.25. The molecule has 0 aliphatic carbocycles. The number of rotatable bonds is 6. The van der Waals surface area contributed by atoms with Gasteiger partial charge in [-0.05, 0) is 42.2 Å². The summed E-state index contributed by atoms with van der Waals surface area (Å²) in [7, 11) is -3.48. The van der Waals surface area contributed by atoms with Crippen LogP contribution in [0, 0.1) is 0 Å². The standard InChI is InChI=1S/C20H21ClN2O3S/c1-15(17-7-3-4-8-18(17)21)14-20(24)22-11-13-27(25,26)23-12-10-16-6-2-5-9-19(16)23/h2-9,14H,10-13H2,1H3,(H,22,24)/b15-14-. The molecule has 1 aliphatic rings. The highest BCUT2D eigenvalue weighted by molar-refractivity contribution is 7.92. The number of amides is 1. The van der Waals surface area contributed by atoms with Gasteiger partial charge in [0.05, 0.1) is 11.4 Å². The van der Waals surface area contributed by atoms with Gasteiger partial charge in [0.25, 0.3) is 0 Å². The predicted molar refractivity (Wildman–Crippen MR) is 109 cm³/mol. The first-order chi connectivity index (χ1) is 12.9. The fourth-order valence-corrected chi connectivity index (χ4v) is 4.83. The largest absolute Gasteiger partial charge is 0.351 e. The van der Waals surface area contributed by atoms with Gasteiger partial charge in [-0.3, -0.25) is 9.10 Å². The first-order valence-corrected chi connectivity index (χ1v) is 10.7. The first-order valence-electron chi connectivity index (χ1n) is 8.68. The van der Waals surface area contributed by atoms with E-state index in [9.17, 15) is 13.2 Å². The number of carbonyl (C=O) groups is 1. The number of hydrogen-bond donors (Lipinski definition) is 1. The number of hydrogen-bond acceptors (Lipinski definition) is 3. The maximum Gasteiger partial charge on any atom is 0.244 e. The molecule has 1 heterocycles. The Morgan fingerprint density at radius 1 is 1.19 bits per heavy atom. The lowest BCUT2D eigenvalue weighted by Gasteiger charge is -2.19. The number of para-hydroxylation sites is 1. The van der Waals surface area contributed by atoms with Gasteiger partial charge >= 0.3 is 0 Å². The van der Waals surface area contributed by atoms with Crippen molar-refractivity contribution in [2.75, 3.05) is 23.1 Å². The molecule has 0 atom stereocenters. The minimum absolute atomic E-state index is 0.0478. The molecule has 0 aromatic heterocycles. The van der Waals surface area contributed by atoms with E-state index in [0.29, 0.717) is 18.0 Å². The first kappa shape index (κ1) is 19.5. The van der Waals surface area contributed by atoms with E-state index in [2.05, 4.69) is 5.32 Å². The van der Waals surface area contributed by atoms with Crippen molar-refractivity contribution >= 4 is 38.8 Å². The number of fused-ring (bicyclic) bond motifs is 1. The molecule has 1 N–H and O–H groups in total. The summed E-state index contributed by atoms with van der Waals surface area (Å²) in [5.74, 6) is -0.490. The molecular weight excluding hydrogens is 384 g/mol. The Morgan fingerprint density at radius 3 is 2.67 bits per heavy atom. The second-order valence-corrected chi connectivity index (χ2v) is 8.79. The van der Waals surface area contributed by atoms with Crippen molar-refractivity contribution in [2.45, 2.75) is 13.3 Å². The number of halogens is 1. The highest BCUT2D eigenvalue weighted by Crippen LogP contribution is 2.29. The summed E-state index contributed by atoms with van der Waals surface area (Å²) in [5, 5.41) is 3.21. The normalized spacial score (nSPS) is 14.1. The highest BCUT2D eigenvalue weighted by Gasteiger charge is 2.28. The summed E-state index contributed by atoms with van der Waals surface area (Å²) in [6.07, 6.45) is 2.14. The van der Waals surface area contributed by atoms with Crippen LogP contribution in [0.4, 0.5) is 5.69 Å². The van der Waals surface area contributed by atoms with Crippen LogP contribution in [-0.4, -0.2) is 33.2 Å². The van der Waals surface area contributed by atoms with E-state index < -0.39 is 10.0 Å². The van der Waals surface area contributed by atoms with Gasteiger partial charge in [0.2, 0.25) is 15.9 Å². The number of allylic oxidation sites excluding steroid dienone is 1. The van der Waals surface area contributed by atoms with Crippen LogP contribution in [-0.2, 0) is 21.2 Å². The molecule has 27 heavy (non-hydrogen) atoms. The number of anilines is 1. The van der Waals surface area contributed by atoms with Gasteiger partial charge in [0.1, 0.15) is 0 Å². The number of benzene rings is 2. The molecule has 7 heteroatoms. The smallest absolute Gasteiger partial charge is 0.244 e. The van der Waals surface area contributed by atoms with Gasteiger partial charge in [0.15, 0.2) is 0 Å². The summed E-state index contributed by atoms with van der Waals surface area (Å²) in [6, 6.07) is 14.7. The third-order valence-electron chi connectivity index (χ3n) is 4.49. The third kappa shape index (κ3) is 4.51. The summed E-state index contributed by atoms with van der Waals surface area (Å²) in [5.41, 5.74) is 3.26. The average Bonchev–Trinajstić information content (AvgIpc) is 3.07. The molecule has 142 valence electrons. The van der Waals surface area contributed by atoms with E-state index >= 15 is 0 Å². The van der Waals surface area contributed by atoms with Gasteiger partial charge in [-0.15, -0.1) is 0 Å². The van der Waals surface area contributed by atoms with Crippen LogP contribution in [0.15, 0.2) is 54.6 Å². The molecule has 0 spiro atoms. The van der Waals surface area contributed by atoms with E-state index in [4.69, 9.17) is 11.6 Å². The van der Waals surface area contributed by atoms with Crippen molar-refractivity contribution in [1.82, 2.24) is 5.32 Å². The highest BCUT2D eigenvalue weighted by atomic mass is 35.5. The van der Waals surface area contributed by atoms with E-state index in [1.54, 1.807) is 13.0 Å². The van der Waals surface area contributed by atoms with Crippen molar-refractivity contribution in [1.29, 1.82) is 0 Å². The SMILES string of the molecule is C/C(=C/C(=O)NCCS(=O)(=O)N1CCc2ccccc21)c1ccccc1Cl. The maximum atomic E-state index is 12.6. The molecule has 3 rings (SSSR count). The molecule has 2 aromatic carbocycles. The molecule has 0 bridgehead atoms. The lowest BCUT2D eigenvalue weighted by atomic mass is 10.1. The molecule has 0 saturated heterocycles. The second-order valence-electron chi connectivity index (χ2n) is 6.37. The van der Waals surface area contributed by atoms with Gasteiger partial charge in [0, 0.05) is 24.2 Å². The van der Waals surface area contributed by atoms with E-state index in [1.807, 2.05) is 42.5 Å². The van der Waals surface area contributed by atoms with Crippen LogP contribution >= 0.6 is 11.6 Å². The molecule has 0 saturated carbocycles. The molecule has 5 nitrogen and oxygen atoms in total. The number of nitrogens with one attached hydrogen (secondary N) is 1.